The molecule has 1 N–H and O–H groups in total. The number of nitrogens with one attached hydrogen (secondary N) is 1. The molecular formula is C9H20F2N2. The molecule has 0 rings (SSSR count). The molecule has 0 amide bonds. The smallest absolute Gasteiger partial charge is 0.251 e. The predicted octanol–water partition coefficient (Wildman–Crippen LogP) is 1.57. The fourth-order valence-electron chi connectivity index (χ4n) is 1.09. The van der Waals surface area contributed by atoms with Crippen molar-refractivity contribution < 1.29 is 8.78 Å². The number of rotatable bonds is 7. The van der Waals surface area contributed by atoms with Crippen LogP contribution >= 0.6 is 0 Å². The van der Waals surface area contributed by atoms with E-state index < -0.39 is 6.43 Å². The zero-order chi connectivity index (χ0) is 10.3. The number of alkyl halides is 2. The second-order valence-corrected chi connectivity index (χ2v) is 3.39. The van der Waals surface area contributed by atoms with Crippen LogP contribution in [0.1, 0.15) is 20.8 Å². The fourth-order valence-corrected chi connectivity index (χ4v) is 1.09. The normalized spacial score (nSPS) is 12.0. The van der Waals surface area contributed by atoms with E-state index in [2.05, 4.69) is 5.32 Å². The van der Waals surface area contributed by atoms with E-state index in [1.165, 1.54) is 0 Å². The van der Waals surface area contributed by atoms with Crippen molar-refractivity contribution >= 4 is 0 Å². The van der Waals surface area contributed by atoms with E-state index in [-0.39, 0.29) is 6.54 Å². The first kappa shape index (κ1) is 12.8. The molecule has 0 fully saturated rings. The molecule has 0 radical (unpaired) electrons. The standard InChI is InChI=1S/C9H20F2N2/c1-4-13(7-9(10)11)6-5-12-8(2)3/h8-9,12H,4-7H2,1-3H3. The zero-order valence-electron chi connectivity index (χ0n) is 8.69. The second kappa shape index (κ2) is 7.21. The van der Waals surface area contributed by atoms with Crippen LogP contribution in [0.2, 0.25) is 0 Å². The highest BCUT2D eigenvalue weighted by Crippen LogP contribution is 1.96. The van der Waals surface area contributed by atoms with Gasteiger partial charge in [0.2, 0.25) is 0 Å². The van der Waals surface area contributed by atoms with E-state index in [1.807, 2.05) is 20.8 Å². The van der Waals surface area contributed by atoms with E-state index >= 15 is 0 Å². The van der Waals surface area contributed by atoms with Gasteiger partial charge in [0.25, 0.3) is 6.43 Å². The molecule has 0 aromatic carbocycles. The Morgan fingerprint density at radius 3 is 2.31 bits per heavy atom. The van der Waals surface area contributed by atoms with E-state index in [1.54, 1.807) is 4.90 Å². The van der Waals surface area contributed by atoms with E-state index in [9.17, 15) is 8.78 Å². The van der Waals surface area contributed by atoms with Crippen molar-refractivity contribution in [3.8, 4) is 0 Å². The predicted molar refractivity (Wildman–Crippen MR) is 51.3 cm³/mol. The summed E-state index contributed by atoms with van der Waals surface area (Å²) >= 11 is 0. The van der Waals surface area contributed by atoms with Crippen LogP contribution < -0.4 is 5.32 Å². The highest BCUT2D eigenvalue weighted by Gasteiger charge is 2.09. The van der Waals surface area contributed by atoms with Gasteiger partial charge in [0.15, 0.2) is 0 Å². The molecule has 2 nitrogen and oxygen atoms in total. The molecule has 0 aliphatic heterocycles. The number of nitrogens with zero attached hydrogens (tertiary/aromatic N) is 1. The van der Waals surface area contributed by atoms with Crippen molar-refractivity contribution in [2.75, 3.05) is 26.2 Å². The molecule has 0 unspecified atom stereocenters. The lowest BCUT2D eigenvalue weighted by atomic mass is 10.4. The summed E-state index contributed by atoms with van der Waals surface area (Å²) in [6, 6.07) is 0.422. The molecule has 0 spiro atoms. The molecule has 13 heavy (non-hydrogen) atoms. The lowest BCUT2D eigenvalue weighted by Gasteiger charge is -2.20. The lowest BCUT2D eigenvalue weighted by molar-refractivity contribution is 0.0909. The SMILES string of the molecule is CCN(CCNC(C)C)CC(F)F. The van der Waals surface area contributed by atoms with Gasteiger partial charge < -0.3 is 5.32 Å². The summed E-state index contributed by atoms with van der Waals surface area (Å²) in [5, 5.41) is 3.20. The number of hydrogen-bond donors (Lipinski definition) is 1. The Hall–Kier alpha value is -0.220. The number of hydrogen-bond acceptors (Lipinski definition) is 2. The van der Waals surface area contributed by atoms with Crippen LogP contribution in [0.25, 0.3) is 0 Å². The molecule has 0 atom stereocenters. The van der Waals surface area contributed by atoms with Crippen LogP contribution in [0, 0.1) is 0 Å². The highest BCUT2D eigenvalue weighted by molar-refractivity contribution is 4.60. The van der Waals surface area contributed by atoms with Gasteiger partial charge in [-0.2, -0.15) is 0 Å². The fraction of sp³-hybridized carbons (Fsp3) is 1.00. The largest absolute Gasteiger partial charge is 0.313 e. The van der Waals surface area contributed by atoms with Gasteiger partial charge in [-0.1, -0.05) is 20.8 Å². The minimum absolute atomic E-state index is 0.115. The van der Waals surface area contributed by atoms with E-state index in [0.29, 0.717) is 19.1 Å². The van der Waals surface area contributed by atoms with Gasteiger partial charge in [0.05, 0.1) is 6.54 Å². The molecule has 0 aromatic heterocycles. The minimum Gasteiger partial charge on any atom is -0.313 e. The third kappa shape index (κ3) is 8.12. The summed E-state index contributed by atoms with van der Waals surface area (Å²) in [5.41, 5.74) is 0. The first-order chi connectivity index (χ1) is 6.06. The Morgan fingerprint density at radius 1 is 1.31 bits per heavy atom. The molecular weight excluding hydrogens is 174 g/mol. The Labute approximate surface area is 79.3 Å². The number of halogens is 2. The minimum atomic E-state index is -2.22. The average Bonchev–Trinajstić information content (AvgIpc) is 2.01. The third-order valence-electron chi connectivity index (χ3n) is 1.82. The van der Waals surface area contributed by atoms with Crippen molar-refractivity contribution in [3.63, 3.8) is 0 Å². The average molecular weight is 194 g/mol. The molecule has 0 heterocycles. The van der Waals surface area contributed by atoms with Gasteiger partial charge >= 0.3 is 0 Å². The quantitative estimate of drug-likeness (QED) is 0.662. The van der Waals surface area contributed by atoms with Gasteiger partial charge in [-0.15, -0.1) is 0 Å². The van der Waals surface area contributed by atoms with Gasteiger partial charge in [-0.05, 0) is 6.54 Å². The van der Waals surface area contributed by atoms with Crippen molar-refractivity contribution in [2.45, 2.75) is 33.2 Å². The van der Waals surface area contributed by atoms with E-state index in [0.717, 1.165) is 6.54 Å². The zero-order valence-corrected chi connectivity index (χ0v) is 8.69. The lowest BCUT2D eigenvalue weighted by Crippen LogP contribution is -2.37. The molecule has 0 bridgehead atoms. The molecule has 4 heteroatoms. The first-order valence-electron chi connectivity index (χ1n) is 4.80. The summed E-state index contributed by atoms with van der Waals surface area (Å²) in [6.45, 7) is 8.03. The Bertz CT molecular complexity index is 118. The molecule has 0 aromatic rings. The molecule has 0 saturated heterocycles. The molecule has 0 aliphatic carbocycles. The summed E-state index contributed by atoms with van der Waals surface area (Å²) in [5.74, 6) is 0. The topological polar surface area (TPSA) is 15.3 Å². The van der Waals surface area contributed by atoms with Crippen LogP contribution in [0.15, 0.2) is 0 Å². The van der Waals surface area contributed by atoms with Gasteiger partial charge in [-0.25, -0.2) is 8.78 Å². The van der Waals surface area contributed by atoms with Crippen LogP contribution in [0.3, 0.4) is 0 Å². The molecule has 0 saturated carbocycles. The monoisotopic (exact) mass is 194 g/mol. The Kier molecular flexibility index (Phi) is 7.09. The van der Waals surface area contributed by atoms with Crippen molar-refractivity contribution in [3.05, 3.63) is 0 Å². The highest BCUT2D eigenvalue weighted by atomic mass is 19.3. The second-order valence-electron chi connectivity index (χ2n) is 3.39. The Morgan fingerprint density at radius 2 is 1.92 bits per heavy atom. The Balaban J connectivity index is 3.48. The van der Waals surface area contributed by atoms with Gasteiger partial charge in [0.1, 0.15) is 0 Å². The maximum absolute atomic E-state index is 12.0. The van der Waals surface area contributed by atoms with Crippen LogP contribution in [-0.4, -0.2) is 43.5 Å². The van der Waals surface area contributed by atoms with Crippen LogP contribution in [0.4, 0.5) is 8.78 Å². The van der Waals surface area contributed by atoms with Crippen molar-refractivity contribution in [1.82, 2.24) is 10.2 Å². The maximum Gasteiger partial charge on any atom is 0.251 e. The third-order valence-corrected chi connectivity index (χ3v) is 1.82. The van der Waals surface area contributed by atoms with Crippen molar-refractivity contribution in [1.29, 1.82) is 0 Å². The number of likely N-dealkylation sites (N-methyl/N-ethyl adjacent to an activating group) is 1. The maximum atomic E-state index is 12.0. The van der Waals surface area contributed by atoms with E-state index in [4.69, 9.17) is 0 Å². The van der Waals surface area contributed by atoms with Crippen LogP contribution in [0.5, 0.6) is 0 Å². The molecule has 0 aliphatic rings. The van der Waals surface area contributed by atoms with Gasteiger partial charge in [0, 0.05) is 19.1 Å². The first-order valence-corrected chi connectivity index (χ1v) is 4.80. The van der Waals surface area contributed by atoms with Crippen molar-refractivity contribution in [2.24, 2.45) is 0 Å². The summed E-state index contributed by atoms with van der Waals surface area (Å²) < 4.78 is 24.0. The van der Waals surface area contributed by atoms with Gasteiger partial charge in [-0.3, -0.25) is 4.90 Å². The summed E-state index contributed by atoms with van der Waals surface area (Å²) in [6.07, 6.45) is -2.22. The summed E-state index contributed by atoms with van der Waals surface area (Å²) in [7, 11) is 0. The van der Waals surface area contributed by atoms with Crippen LogP contribution in [-0.2, 0) is 0 Å². The molecule has 80 valence electrons. The summed E-state index contributed by atoms with van der Waals surface area (Å²) in [4.78, 5) is 1.75.